The number of hydrogen-bond donors (Lipinski definition) is 1. The van der Waals surface area contributed by atoms with Crippen LogP contribution in [0.3, 0.4) is 0 Å². The van der Waals surface area contributed by atoms with Crippen LogP contribution in [0.2, 0.25) is 4.34 Å². The Bertz CT molecular complexity index is 280. The maximum absolute atomic E-state index is 6.15. The van der Waals surface area contributed by atoms with Gasteiger partial charge in [0.15, 0.2) is 0 Å². The molecule has 3 heteroatoms. The van der Waals surface area contributed by atoms with Crippen LogP contribution in [0.4, 0.5) is 0 Å². The van der Waals surface area contributed by atoms with E-state index in [-0.39, 0.29) is 11.5 Å². The summed E-state index contributed by atoms with van der Waals surface area (Å²) in [6, 6.07) is 4.03. The van der Waals surface area contributed by atoms with Gasteiger partial charge in [-0.3, -0.25) is 0 Å². The van der Waals surface area contributed by atoms with Gasteiger partial charge in [-0.2, -0.15) is 0 Å². The summed E-state index contributed by atoms with van der Waals surface area (Å²) in [7, 11) is 0. The van der Waals surface area contributed by atoms with Crippen LogP contribution >= 0.6 is 22.9 Å². The smallest absolute Gasteiger partial charge is 0.0931 e. The highest BCUT2D eigenvalue weighted by atomic mass is 35.5. The standard InChI is InChI=1S/C10H16ClNS/c1-4-10(2,3)9(12)7-5-6-8(11)13-7/h5-6,9H,4,12H2,1-3H3. The minimum absolute atomic E-state index is 0.0926. The Balaban J connectivity index is 2.84. The van der Waals surface area contributed by atoms with Gasteiger partial charge >= 0.3 is 0 Å². The first-order chi connectivity index (χ1) is 5.97. The molecule has 1 rings (SSSR count). The molecule has 0 saturated carbocycles. The first-order valence-corrected chi connectivity index (χ1v) is 5.67. The summed E-state index contributed by atoms with van der Waals surface area (Å²) < 4.78 is 0.817. The first kappa shape index (κ1) is 11.0. The molecule has 1 nitrogen and oxygen atoms in total. The van der Waals surface area contributed by atoms with E-state index in [2.05, 4.69) is 20.8 Å². The van der Waals surface area contributed by atoms with E-state index < -0.39 is 0 Å². The first-order valence-electron chi connectivity index (χ1n) is 4.48. The minimum atomic E-state index is 0.0926. The van der Waals surface area contributed by atoms with Gasteiger partial charge in [-0.05, 0) is 24.0 Å². The fourth-order valence-electron chi connectivity index (χ4n) is 1.10. The van der Waals surface area contributed by atoms with Crippen molar-refractivity contribution in [2.24, 2.45) is 11.1 Å². The molecule has 0 spiro atoms. The number of thiophene rings is 1. The predicted octanol–water partition coefficient (Wildman–Crippen LogP) is 3.84. The molecule has 0 fully saturated rings. The molecule has 0 amide bonds. The number of halogens is 1. The van der Waals surface area contributed by atoms with Crippen molar-refractivity contribution in [3.05, 3.63) is 21.3 Å². The zero-order valence-corrected chi connectivity index (χ0v) is 9.88. The number of hydrogen-bond acceptors (Lipinski definition) is 2. The number of rotatable bonds is 3. The Kier molecular flexibility index (Phi) is 3.38. The van der Waals surface area contributed by atoms with E-state index in [1.807, 2.05) is 12.1 Å². The van der Waals surface area contributed by atoms with Gasteiger partial charge in [0.2, 0.25) is 0 Å². The molecular formula is C10H16ClNS. The summed E-state index contributed by atoms with van der Waals surface area (Å²) in [5.41, 5.74) is 6.30. The van der Waals surface area contributed by atoms with Crippen LogP contribution in [0.25, 0.3) is 0 Å². The van der Waals surface area contributed by atoms with Gasteiger partial charge in [-0.1, -0.05) is 32.4 Å². The van der Waals surface area contributed by atoms with Crippen molar-refractivity contribution >= 4 is 22.9 Å². The van der Waals surface area contributed by atoms with E-state index in [1.54, 1.807) is 11.3 Å². The Morgan fingerprint density at radius 1 is 1.54 bits per heavy atom. The van der Waals surface area contributed by atoms with E-state index >= 15 is 0 Å². The third kappa shape index (κ3) is 2.46. The lowest BCUT2D eigenvalue weighted by atomic mass is 9.82. The fraction of sp³-hybridized carbons (Fsp3) is 0.600. The van der Waals surface area contributed by atoms with E-state index in [1.165, 1.54) is 4.88 Å². The molecule has 0 saturated heterocycles. The zero-order chi connectivity index (χ0) is 10.1. The molecule has 0 aliphatic carbocycles. The van der Waals surface area contributed by atoms with Crippen molar-refractivity contribution in [3.8, 4) is 0 Å². The predicted molar refractivity (Wildman–Crippen MR) is 60.3 cm³/mol. The fourth-order valence-corrected chi connectivity index (χ4v) is 2.37. The highest BCUT2D eigenvalue weighted by Gasteiger charge is 2.26. The molecule has 74 valence electrons. The molecule has 1 atom stereocenters. The van der Waals surface area contributed by atoms with Crippen molar-refractivity contribution in [1.29, 1.82) is 0 Å². The lowest BCUT2D eigenvalue weighted by molar-refractivity contribution is 0.281. The Morgan fingerprint density at radius 3 is 2.54 bits per heavy atom. The maximum Gasteiger partial charge on any atom is 0.0931 e. The van der Waals surface area contributed by atoms with Gasteiger partial charge in [0, 0.05) is 10.9 Å². The average Bonchev–Trinajstić information content (AvgIpc) is 2.50. The molecule has 0 aliphatic heterocycles. The van der Waals surface area contributed by atoms with Crippen molar-refractivity contribution < 1.29 is 0 Å². The zero-order valence-electron chi connectivity index (χ0n) is 8.30. The largest absolute Gasteiger partial charge is 0.323 e. The van der Waals surface area contributed by atoms with Crippen LogP contribution in [-0.4, -0.2) is 0 Å². The third-order valence-corrected chi connectivity index (χ3v) is 3.97. The van der Waals surface area contributed by atoms with Crippen LogP contribution in [0.5, 0.6) is 0 Å². The molecule has 1 heterocycles. The van der Waals surface area contributed by atoms with Crippen LogP contribution in [0, 0.1) is 5.41 Å². The SMILES string of the molecule is CCC(C)(C)C(N)c1ccc(Cl)s1. The molecule has 1 aromatic rings. The molecule has 0 bridgehead atoms. The molecular weight excluding hydrogens is 202 g/mol. The maximum atomic E-state index is 6.15. The summed E-state index contributed by atoms with van der Waals surface area (Å²) in [5, 5.41) is 0. The quantitative estimate of drug-likeness (QED) is 0.818. The van der Waals surface area contributed by atoms with Crippen molar-refractivity contribution in [1.82, 2.24) is 0 Å². The van der Waals surface area contributed by atoms with Gasteiger partial charge < -0.3 is 5.73 Å². The van der Waals surface area contributed by atoms with Crippen LogP contribution < -0.4 is 5.73 Å². The van der Waals surface area contributed by atoms with E-state index in [4.69, 9.17) is 17.3 Å². The number of nitrogens with two attached hydrogens (primary N) is 1. The van der Waals surface area contributed by atoms with Crippen molar-refractivity contribution in [3.63, 3.8) is 0 Å². The molecule has 1 unspecified atom stereocenters. The van der Waals surface area contributed by atoms with E-state index in [0.29, 0.717) is 0 Å². The Hall–Kier alpha value is -0.0500. The monoisotopic (exact) mass is 217 g/mol. The molecule has 0 radical (unpaired) electrons. The lowest BCUT2D eigenvalue weighted by Crippen LogP contribution is -2.27. The van der Waals surface area contributed by atoms with Crippen LogP contribution in [-0.2, 0) is 0 Å². The highest BCUT2D eigenvalue weighted by molar-refractivity contribution is 7.16. The third-order valence-electron chi connectivity index (χ3n) is 2.65. The van der Waals surface area contributed by atoms with Crippen LogP contribution in [0.15, 0.2) is 12.1 Å². The van der Waals surface area contributed by atoms with E-state index in [0.717, 1.165) is 10.8 Å². The second kappa shape index (κ2) is 3.99. The average molecular weight is 218 g/mol. The van der Waals surface area contributed by atoms with Gasteiger partial charge in [0.1, 0.15) is 0 Å². The summed E-state index contributed by atoms with van der Waals surface area (Å²) in [6.07, 6.45) is 1.07. The topological polar surface area (TPSA) is 26.0 Å². The molecule has 0 aliphatic rings. The molecule has 13 heavy (non-hydrogen) atoms. The lowest BCUT2D eigenvalue weighted by Gasteiger charge is -2.29. The van der Waals surface area contributed by atoms with E-state index in [9.17, 15) is 0 Å². The second-order valence-electron chi connectivity index (χ2n) is 3.96. The minimum Gasteiger partial charge on any atom is -0.323 e. The summed E-state index contributed by atoms with van der Waals surface area (Å²) in [5.74, 6) is 0. The van der Waals surface area contributed by atoms with Crippen molar-refractivity contribution in [2.45, 2.75) is 33.2 Å². The van der Waals surface area contributed by atoms with Crippen molar-refractivity contribution in [2.75, 3.05) is 0 Å². The molecule has 0 aromatic carbocycles. The summed E-state index contributed by atoms with van der Waals surface area (Å²) in [4.78, 5) is 1.18. The summed E-state index contributed by atoms with van der Waals surface area (Å²) >= 11 is 7.44. The molecule has 1 aromatic heterocycles. The highest BCUT2D eigenvalue weighted by Crippen LogP contribution is 2.38. The summed E-state index contributed by atoms with van der Waals surface area (Å²) in [6.45, 7) is 6.53. The van der Waals surface area contributed by atoms with Gasteiger partial charge in [0.25, 0.3) is 0 Å². The van der Waals surface area contributed by atoms with Gasteiger partial charge in [-0.15, -0.1) is 11.3 Å². The normalized spacial score (nSPS) is 14.5. The van der Waals surface area contributed by atoms with Gasteiger partial charge in [0.05, 0.1) is 4.34 Å². The Labute approximate surface area is 88.9 Å². The second-order valence-corrected chi connectivity index (χ2v) is 5.71. The van der Waals surface area contributed by atoms with Crippen LogP contribution in [0.1, 0.15) is 38.1 Å². The van der Waals surface area contributed by atoms with Gasteiger partial charge in [-0.25, -0.2) is 0 Å². The Morgan fingerprint density at radius 2 is 2.15 bits per heavy atom. The molecule has 2 N–H and O–H groups in total.